The van der Waals surface area contributed by atoms with Gasteiger partial charge in [0.05, 0.1) is 6.20 Å². The number of nitrogens with one attached hydrogen (secondary N) is 1. The molecule has 2 heteroatoms. The molecular weight excluding hydrogens is 148 g/mol. The average molecular weight is 166 g/mol. The van der Waals surface area contributed by atoms with Gasteiger partial charge in [0.25, 0.3) is 0 Å². The molecule has 0 aliphatic heterocycles. The van der Waals surface area contributed by atoms with Crippen LogP contribution in [0, 0.1) is 0 Å². The van der Waals surface area contributed by atoms with Gasteiger partial charge >= 0.3 is 0 Å². The van der Waals surface area contributed by atoms with Crippen molar-refractivity contribution in [2.45, 2.75) is 45.4 Å². The van der Waals surface area contributed by atoms with Crippen molar-refractivity contribution in [2.75, 3.05) is 0 Å². The molecule has 0 aromatic carbocycles. The van der Waals surface area contributed by atoms with E-state index in [1.807, 2.05) is 12.4 Å². The fraction of sp³-hybridized carbons (Fsp3) is 0.700. The number of aromatic amines is 1. The molecular formula is C10H18N2. The van der Waals surface area contributed by atoms with Crippen molar-refractivity contribution in [3.05, 3.63) is 18.0 Å². The summed E-state index contributed by atoms with van der Waals surface area (Å²) in [6.45, 7) is 6.77. The summed E-state index contributed by atoms with van der Waals surface area (Å²) in [6.07, 6.45) is 7.72. The molecule has 0 aliphatic rings. The monoisotopic (exact) mass is 166 g/mol. The maximum atomic E-state index is 3.97. The van der Waals surface area contributed by atoms with Crippen LogP contribution in [0.4, 0.5) is 0 Å². The molecule has 1 aromatic heterocycles. The molecule has 1 aromatic rings. The van der Waals surface area contributed by atoms with Gasteiger partial charge in [0.15, 0.2) is 0 Å². The van der Waals surface area contributed by atoms with Gasteiger partial charge in [-0.1, -0.05) is 33.6 Å². The minimum atomic E-state index is 0.281. The maximum absolute atomic E-state index is 3.97. The predicted molar refractivity (Wildman–Crippen MR) is 51.1 cm³/mol. The van der Waals surface area contributed by atoms with Crippen molar-refractivity contribution >= 4 is 0 Å². The van der Waals surface area contributed by atoms with E-state index in [1.54, 1.807) is 0 Å². The fourth-order valence-corrected chi connectivity index (χ4v) is 1.38. The van der Waals surface area contributed by atoms with E-state index in [1.165, 1.54) is 24.8 Å². The van der Waals surface area contributed by atoms with Crippen LogP contribution in [0.25, 0.3) is 0 Å². The van der Waals surface area contributed by atoms with E-state index < -0.39 is 0 Å². The number of rotatable bonds is 4. The van der Waals surface area contributed by atoms with E-state index in [0.29, 0.717) is 0 Å². The predicted octanol–water partition coefficient (Wildman–Crippen LogP) is 2.88. The highest BCUT2D eigenvalue weighted by Gasteiger charge is 2.20. The van der Waals surface area contributed by atoms with Gasteiger partial charge in [-0.25, -0.2) is 0 Å². The van der Waals surface area contributed by atoms with E-state index in [2.05, 4.69) is 31.0 Å². The molecule has 0 radical (unpaired) electrons. The Bertz CT molecular complexity index is 212. The van der Waals surface area contributed by atoms with E-state index in [-0.39, 0.29) is 5.41 Å². The first-order valence-corrected chi connectivity index (χ1v) is 4.66. The van der Waals surface area contributed by atoms with E-state index in [9.17, 15) is 0 Å². The number of aromatic nitrogens is 2. The van der Waals surface area contributed by atoms with Gasteiger partial charge in [-0.15, -0.1) is 0 Å². The molecule has 0 atom stereocenters. The van der Waals surface area contributed by atoms with Gasteiger partial charge in [-0.3, -0.25) is 5.10 Å². The summed E-state index contributed by atoms with van der Waals surface area (Å²) < 4.78 is 0. The number of nitrogens with zero attached hydrogens (tertiary/aromatic N) is 1. The standard InChI is InChI=1S/C10H18N2/c1-4-5-6-10(2,3)9-7-11-12-8-9/h7-8H,4-6H2,1-3H3,(H,11,12). The summed E-state index contributed by atoms with van der Waals surface area (Å²) in [5.41, 5.74) is 1.60. The summed E-state index contributed by atoms with van der Waals surface area (Å²) in [6, 6.07) is 0. The Hall–Kier alpha value is -0.790. The normalized spacial score (nSPS) is 11.9. The van der Waals surface area contributed by atoms with E-state index >= 15 is 0 Å². The molecule has 0 bridgehead atoms. The third-order valence-corrected chi connectivity index (χ3v) is 2.44. The van der Waals surface area contributed by atoms with Crippen molar-refractivity contribution in [2.24, 2.45) is 0 Å². The van der Waals surface area contributed by atoms with Crippen LogP contribution < -0.4 is 0 Å². The Morgan fingerprint density at radius 3 is 2.75 bits per heavy atom. The summed E-state index contributed by atoms with van der Waals surface area (Å²) in [7, 11) is 0. The average Bonchev–Trinajstić information content (AvgIpc) is 2.53. The smallest absolute Gasteiger partial charge is 0.0524 e. The fourth-order valence-electron chi connectivity index (χ4n) is 1.38. The zero-order valence-corrected chi connectivity index (χ0v) is 8.22. The van der Waals surface area contributed by atoms with Crippen molar-refractivity contribution < 1.29 is 0 Å². The Kier molecular flexibility index (Phi) is 2.90. The second-order valence-corrected chi connectivity index (χ2v) is 3.97. The molecule has 0 amide bonds. The lowest BCUT2D eigenvalue weighted by Crippen LogP contribution is -2.15. The van der Waals surface area contributed by atoms with Crippen LogP contribution >= 0.6 is 0 Å². The molecule has 1 rings (SSSR count). The van der Waals surface area contributed by atoms with E-state index in [4.69, 9.17) is 0 Å². The van der Waals surface area contributed by atoms with Gasteiger partial charge in [-0.2, -0.15) is 5.10 Å². The van der Waals surface area contributed by atoms with Crippen molar-refractivity contribution in [3.8, 4) is 0 Å². The van der Waals surface area contributed by atoms with Gasteiger partial charge in [0, 0.05) is 6.20 Å². The highest BCUT2D eigenvalue weighted by atomic mass is 15.1. The minimum absolute atomic E-state index is 0.281. The topological polar surface area (TPSA) is 28.7 Å². The first kappa shape index (κ1) is 9.30. The second-order valence-electron chi connectivity index (χ2n) is 3.97. The molecule has 1 N–H and O–H groups in total. The lowest BCUT2D eigenvalue weighted by molar-refractivity contribution is 0.458. The zero-order chi connectivity index (χ0) is 9.03. The van der Waals surface area contributed by atoms with Crippen molar-refractivity contribution in [3.63, 3.8) is 0 Å². The van der Waals surface area contributed by atoms with Gasteiger partial charge < -0.3 is 0 Å². The maximum Gasteiger partial charge on any atom is 0.0524 e. The number of hydrogen-bond acceptors (Lipinski definition) is 1. The highest BCUT2D eigenvalue weighted by molar-refractivity contribution is 5.15. The van der Waals surface area contributed by atoms with Crippen molar-refractivity contribution in [1.29, 1.82) is 0 Å². The Balaban J connectivity index is 2.59. The van der Waals surface area contributed by atoms with Crippen molar-refractivity contribution in [1.82, 2.24) is 10.2 Å². The molecule has 0 saturated heterocycles. The Morgan fingerprint density at radius 1 is 1.50 bits per heavy atom. The first-order chi connectivity index (χ1) is 5.67. The highest BCUT2D eigenvalue weighted by Crippen LogP contribution is 2.27. The van der Waals surface area contributed by atoms with Gasteiger partial charge in [-0.05, 0) is 17.4 Å². The van der Waals surface area contributed by atoms with E-state index in [0.717, 1.165) is 0 Å². The lowest BCUT2D eigenvalue weighted by Gasteiger charge is -2.22. The molecule has 0 spiro atoms. The van der Waals surface area contributed by atoms with Gasteiger partial charge in [0.1, 0.15) is 0 Å². The Morgan fingerprint density at radius 2 is 2.25 bits per heavy atom. The number of H-pyrrole nitrogens is 1. The second kappa shape index (κ2) is 3.74. The largest absolute Gasteiger partial charge is 0.285 e. The number of hydrogen-bond donors (Lipinski definition) is 1. The minimum Gasteiger partial charge on any atom is -0.285 e. The molecule has 0 saturated carbocycles. The molecule has 12 heavy (non-hydrogen) atoms. The summed E-state index contributed by atoms with van der Waals surface area (Å²) in [4.78, 5) is 0. The third-order valence-electron chi connectivity index (χ3n) is 2.44. The van der Waals surface area contributed by atoms with Crippen LogP contribution in [-0.4, -0.2) is 10.2 Å². The van der Waals surface area contributed by atoms with Crippen LogP contribution in [0.15, 0.2) is 12.4 Å². The SMILES string of the molecule is CCCCC(C)(C)c1cn[nH]c1. The summed E-state index contributed by atoms with van der Waals surface area (Å²) >= 11 is 0. The lowest BCUT2D eigenvalue weighted by atomic mass is 9.82. The Labute approximate surface area is 74.4 Å². The molecule has 2 nitrogen and oxygen atoms in total. The quantitative estimate of drug-likeness (QED) is 0.732. The summed E-state index contributed by atoms with van der Waals surface area (Å²) in [5.74, 6) is 0. The van der Waals surface area contributed by atoms with Crippen LogP contribution in [0.2, 0.25) is 0 Å². The first-order valence-electron chi connectivity index (χ1n) is 4.66. The molecule has 68 valence electrons. The van der Waals surface area contributed by atoms with Crippen LogP contribution in [0.3, 0.4) is 0 Å². The molecule has 1 heterocycles. The summed E-state index contributed by atoms with van der Waals surface area (Å²) in [5, 5.41) is 6.83. The van der Waals surface area contributed by atoms with Crippen LogP contribution in [0.1, 0.15) is 45.6 Å². The number of unbranched alkanes of at least 4 members (excludes halogenated alkanes) is 1. The van der Waals surface area contributed by atoms with Gasteiger partial charge in [0.2, 0.25) is 0 Å². The third kappa shape index (κ3) is 2.10. The molecule has 0 fully saturated rings. The molecule has 0 unspecified atom stereocenters. The van der Waals surface area contributed by atoms with Crippen LogP contribution in [0.5, 0.6) is 0 Å². The van der Waals surface area contributed by atoms with Crippen LogP contribution in [-0.2, 0) is 5.41 Å². The molecule has 0 aliphatic carbocycles. The zero-order valence-electron chi connectivity index (χ0n) is 8.22.